The molecular weight excluding hydrogens is 497 g/mol. The summed E-state index contributed by atoms with van der Waals surface area (Å²) in [5.74, 6) is -2.68. The molecule has 8 nitrogen and oxygen atoms in total. The number of nitrogens with zero attached hydrogens (tertiary/aromatic N) is 1. The van der Waals surface area contributed by atoms with E-state index in [4.69, 9.17) is 21.0 Å². The normalized spacial score (nSPS) is 25.9. The third kappa shape index (κ3) is 5.35. The second kappa shape index (κ2) is 11.4. The molecule has 1 aromatic rings. The summed E-state index contributed by atoms with van der Waals surface area (Å²) in [5.41, 5.74) is 4.02. The van der Waals surface area contributed by atoms with E-state index in [2.05, 4.69) is 13.8 Å². The second-order valence-electron chi connectivity index (χ2n) is 9.95. The molecule has 4 rings (SSSR count). The predicted molar refractivity (Wildman–Crippen MR) is 140 cm³/mol. The molecule has 37 heavy (non-hydrogen) atoms. The highest BCUT2D eigenvalue weighted by atomic mass is 35.5. The number of rotatable bonds is 7. The van der Waals surface area contributed by atoms with Crippen molar-refractivity contribution < 1.29 is 33.9 Å². The van der Waals surface area contributed by atoms with Crippen LogP contribution in [0.25, 0.3) is 6.08 Å². The number of fused-ring (bicyclic) bond motifs is 3. The standard InChI is InChI=1S/C27H33BClNO7/c1-4-6-17-12-19-24(26(33)30(25(19)32)27(34)36-3)20-14-28(35)37-22(23(17)20)10-7-15(5-2)11-16-8-9-18(31)13-21(16)29/h8-9,11,13,19-20,22,24,31,35H,4-7,10,12,14H2,1-3H3/b15-11+/t19-,20+,22-,24-/m1/s1. The van der Waals surface area contributed by atoms with Crippen molar-refractivity contribution in [3.05, 3.63) is 45.5 Å². The summed E-state index contributed by atoms with van der Waals surface area (Å²) in [5, 5.41) is 20.7. The lowest BCUT2D eigenvalue weighted by molar-refractivity contribution is -0.137. The molecule has 3 aliphatic rings. The van der Waals surface area contributed by atoms with Crippen molar-refractivity contribution in [3.63, 3.8) is 0 Å². The molecule has 2 fully saturated rings. The van der Waals surface area contributed by atoms with Gasteiger partial charge in [0.05, 0.1) is 30.1 Å². The van der Waals surface area contributed by atoms with Gasteiger partial charge in [0.1, 0.15) is 5.75 Å². The molecule has 0 unspecified atom stereocenters. The number of amides is 3. The molecule has 198 valence electrons. The molecule has 2 saturated heterocycles. The van der Waals surface area contributed by atoms with Crippen molar-refractivity contribution in [2.75, 3.05) is 7.11 Å². The fourth-order valence-corrected chi connectivity index (χ4v) is 6.32. The van der Waals surface area contributed by atoms with E-state index in [0.717, 1.165) is 48.7 Å². The molecule has 2 heterocycles. The molecule has 3 amide bonds. The fourth-order valence-electron chi connectivity index (χ4n) is 6.09. The summed E-state index contributed by atoms with van der Waals surface area (Å²) in [4.78, 5) is 39.2. The number of hydrogen-bond acceptors (Lipinski definition) is 7. The van der Waals surface area contributed by atoms with Crippen LogP contribution in [-0.2, 0) is 19.0 Å². The van der Waals surface area contributed by atoms with Gasteiger partial charge in [0, 0.05) is 0 Å². The van der Waals surface area contributed by atoms with Crippen LogP contribution in [0, 0.1) is 17.8 Å². The molecule has 0 radical (unpaired) electrons. The van der Waals surface area contributed by atoms with Gasteiger partial charge in [0.25, 0.3) is 0 Å². The van der Waals surface area contributed by atoms with Crippen LogP contribution in [0.3, 0.4) is 0 Å². The van der Waals surface area contributed by atoms with Crippen molar-refractivity contribution in [2.45, 2.75) is 64.8 Å². The van der Waals surface area contributed by atoms with Gasteiger partial charge in [0.15, 0.2) is 0 Å². The van der Waals surface area contributed by atoms with E-state index in [1.54, 1.807) is 12.1 Å². The highest BCUT2D eigenvalue weighted by Gasteiger charge is 2.59. The number of allylic oxidation sites excluding steroid dienone is 2. The molecule has 0 aromatic heterocycles. The molecule has 0 spiro atoms. The smallest absolute Gasteiger partial charge is 0.455 e. The summed E-state index contributed by atoms with van der Waals surface area (Å²) in [6.07, 6.45) is 4.90. The highest BCUT2D eigenvalue weighted by molar-refractivity contribution is 6.43. The molecule has 0 bridgehead atoms. The molecular formula is C27H33BClNO7. The minimum absolute atomic E-state index is 0.104. The lowest BCUT2D eigenvalue weighted by Crippen LogP contribution is -2.46. The number of carbonyl (C=O) groups excluding carboxylic acids is 3. The predicted octanol–water partition coefficient (Wildman–Crippen LogP) is 4.98. The van der Waals surface area contributed by atoms with E-state index in [9.17, 15) is 24.5 Å². The van der Waals surface area contributed by atoms with Crippen LogP contribution < -0.4 is 0 Å². The Kier molecular flexibility index (Phi) is 8.46. The highest BCUT2D eigenvalue weighted by Crippen LogP contribution is 2.51. The Bertz CT molecular complexity index is 1150. The number of methoxy groups -OCH3 is 1. The van der Waals surface area contributed by atoms with Crippen LogP contribution in [0.15, 0.2) is 34.9 Å². The molecule has 1 aliphatic carbocycles. The minimum atomic E-state index is -1.07. The van der Waals surface area contributed by atoms with Crippen LogP contribution in [0.4, 0.5) is 4.79 Å². The number of halogens is 1. The maximum absolute atomic E-state index is 13.3. The van der Waals surface area contributed by atoms with Gasteiger partial charge in [-0.05, 0) is 73.7 Å². The Morgan fingerprint density at radius 1 is 1.27 bits per heavy atom. The number of phenolic OH excluding ortho intramolecular Hbond substituents is 1. The average Bonchev–Trinajstić information content (AvgIpc) is 3.11. The van der Waals surface area contributed by atoms with Gasteiger partial charge in [-0.2, -0.15) is 4.90 Å². The lowest BCUT2D eigenvalue weighted by atomic mass is 9.58. The van der Waals surface area contributed by atoms with Crippen molar-refractivity contribution in [1.82, 2.24) is 4.90 Å². The van der Waals surface area contributed by atoms with Crippen molar-refractivity contribution in [2.24, 2.45) is 17.8 Å². The summed E-state index contributed by atoms with van der Waals surface area (Å²) in [6.45, 7) is 4.11. The summed E-state index contributed by atoms with van der Waals surface area (Å²) < 4.78 is 10.7. The van der Waals surface area contributed by atoms with Gasteiger partial charge < -0.3 is 19.5 Å². The molecule has 0 saturated carbocycles. The molecule has 1 aromatic carbocycles. The summed E-state index contributed by atoms with van der Waals surface area (Å²) >= 11 is 6.30. The van der Waals surface area contributed by atoms with Gasteiger partial charge in [0.2, 0.25) is 11.8 Å². The van der Waals surface area contributed by atoms with Crippen LogP contribution in [0.5, 0.6) is 5.75 Å². The molecule has 4 atom stereocenters. The number of likely N-dealkylation sites (tertiary alicyclic amines) is 1. The van der Waals surface area contributed by atoms with E-state index in [1.807, 2.05) is 6.08 Å². The number of imide groups is 3. The Hall–Kier alpha value is -2.62. The van der Waals surface area contributed by atoms with Crippen molar-refractivity contribution in [3.8, 4) is 5.75 Å². The number of ether oxygens (including phenoxy) is 1. The van der Waals surface area contributed by atoms with E-state index < -0.39 is 43.0 Å². The fraction of sp³-hybridized carbons (Fsp3) is 0.519. The first-order chi connectivity index (χ1) is 17.7. The van der Waals surface area contributed by atoms with Gasteiger partial charge in [-0.15, -0.1) is 0 Å². The third-order valence-corrected chi connectivity index (χ3v) is 8.07. The number of phenols is 1. The Morgan fingerprint density at radius 2 is 2.03 bits per heavy atom. The zero-order valence-electron chi connectivity index (χ0n) is 21.4. The average molecular weight is 530 g/mol. The maximum atomic E-state index is 13.3. The number of carbonyl (C=O) groups is 3. The summed E-state index contributed by atoms with van der Waals surface area (Å²) in [6, 6.07) is 4.86. The maximum Gasteiger partial charge on any atom is 0.455 e. The first-order valence-corrected chi connectivity index (χ1v) is 13.3. The van der Waals surface area contributed by atoms with Crippen LogP contribution in [0.2, 0.25) is 11.3 Å². The van der Waals surface area contributed by atoms with Gasteiger partial charge in [-0.25, -0.2) is 4.79 Å². The molecule has 2 N–H and O–H groups in total. The quantitative estimate of drug-likeness (QED) is 0.291. The lowest BCUT2D eigenvalue weighted by Gasteiger charge is -2.43. The van der Waals surface area contributed by atoms with Crippen LogP contribution in [0.1, 0.15) is 57.9 Å². The van der Waals surface area contributed by atoms with E-state index >= 15 is 0 Å². The zero-order valence-corrected chi connectivity index (χ0v) is 22.2. The minimum Gasteiger partial charge on any atom is -0.508 e. The topological polar surface area (TPSA) is 113 Å². The van der Waals surface area contributed by atoms with Crippen molar-refractivity contribution in [1.29, 1.82) is 0 Å². The number of aromatic hydroxyl groups is 1. The van der Waals surface area contributed by atoms with Gasteiger partial charge in [-0.3, -0.25) is 9.59 Å². The molecule has 2 aliphatic heterocycles. The van der Waals surface area contributed by atoms with E-state index in [-0.39, 0.29) is 18.0 Å². The largest absolute Gasteiger partial charge is 0.508 e. The number of benzene rings is 1. The second-order valence-corrected chi connectivity index (χ2v) is 10.4. The Labute approximate surface area is 222 Å². The van der Waals surface area contributed by atoms with E-state index in [0.29, 0.717) is 29.2 Å². The third-order valence-electron chi connectivity index (χ3n) is 7.74. The summed E-state index contributed by atoms with van der Waals surface area (Å²) in [7, 11) is 0.0752. The Morgan fingerprint density at radius 3 is 2.68 bits per heavy atom. The Balaban J connectivity index is 1.63. The van der Waals surface area contributed by atoms with E-state index in [1.165, 1.54) is 6.07 Å². The SMILES string of the molecule is CCCC1=C2[C@@H](CC/C(=C/c3ccc(O)cc3Cl)CC)OB(O)C[C@@H]2[C@@H]2C(=O)N(C(=O)OC)C(=O)[C@@H]2C1. The van der Waals surface area contributed by atoms with Gasteiger partial charge >= 0.3 is 13.2 Å². The van der Waals surface area contributed by atoms with Crippen LogP contribution >= 0.6 is 11.6 Å². The first kappa shape index (κ1) is 27.4. The van der Waals surface area contributed by atoms with Crippen molar-refractivity contribution >= 4 is 42.7 Å². The monoisotopic (exact) mass is 529 g/mol. The molecule has 10 heteroatoms. The zero-order chi connectivity index (χ0) is 26.9. The first-order valence-electron chi connectivity index (χ1n) is 12.9. The van der Waals surface area contributed by atoms with Crippen LogP contribution in [-0.4, -0.2) is 53.3 Å². The van der Waals surface area contributed by atoms with Gasteiger partial charge in [-0.1, -0.05) is 49.1 Å². The number of hydrogen-bond donors (Lipinski definition) is 2.